The highest BCUT2D eigenvalue weighted by atomic mass is 31.2. The number of hydrogen-bond donors (Lipinski definition) is 3. The number of esters is 2. The number of carboxylic acid groups (broad SMARTS) is 1. The maximum Gasteiger partial charge on any atom is 0.472 e. The molecule has 12 heteroatoms. The molecular formula is C50H88NO10P. The molecule has 0 aromatic heterocycles. The second kappa shape index (κ2) is 44.8. The van der Waals surface area contributed by atoms with Gasteiger partial charge < -0.3 is 25.2 Å². The van der Waals surface area contributed by atoms with E-state index in [-0.39, 0.29) is 19.4 Å². The molecule has 0 aromatic carbocycles. The Morgan fingerprint density at radius 2 is 0.903 bits per heavy atom. The van der Waals surface area contributed by atoms with Gasteiger partial charge in [0.1, 0.15) is 12.6 Å². The molecule has 0 saturated heterocycles. The summed E-state index contributed by atoms with van der Waals surface area (Å²) in [5.74, 6) is -2.45. The van der Waals surface area contributed by atoms with E-state index in [1.54, 1.807) is 0 Å². The van der Waals surface area contributed by atoms with Gasteiger partial charge in [-0.3, -0.25) is 23.4 Å². The first kappa shape index (κ1) is 59.2. The number of nitrogens with two attached hydrogens (primary N) is 1. The number of carbonyl (C=O) groups is 3. The molecule has 0 aliphatic carbocycles. The highest BCUT2D eigenvalue weighted by Crippen LogP contribution is 2.43. The lowest BCUT2D eigenvalue weighted by atomic mass is 10.0. The van der Waals surface area contributed by atoms with E-state index in [2.05, 4.69) is 67.0 Å². The number of allylic oxidation sites excluding steroid dienone is 10. The molecule has 4 N–H and O–H groups in total. The Morgan fingerprint density at radius 3 is 1.34 bits per heavy atom. The monoisotopic (exact) mass is 894 g/mol. The van der Waals surface area contributed by atoms with Gasteiger partial charge >= 0.3 is 25.7 Å². The van der Waals surface area contributed by atoms with Gasteiger partial charge in [0, 0.05) is 12.8 Å². The number of carboxylic acids is 1. The number of aliphatic carboxylic acids is 1. The lowest BCUT2D eigenvalue weighted by Gasteiger charge is -2.20. The first-order chi connectivity index (χ1) is 30.1. The van der Waals surface area contributed by atoms with Crippen molar-refractivity contribution in [1.29, 1.82) is 0 Å². The quantitative estimate of drug-likeness (QED) is 0.0230. The second-order valence-corrected chi connectivity index (χ2v) is 17.7. The molecule has 0 saturated carbocycles. The molecule has 358 valence electrons. The van der Waals surface area contributed by atoms with Crippen LogP contribution in [0.25, 0.3) is 0 Å². The fourth-order valence-electron chi connectivity index (χ4n) is 6.51. The number of rotatable bonds is 45. The lowest BCUT2D eigenvalue weighted by molar-refractivity contribution is -0.161. The summed E-state index contributed by atoms with van der Waals surface area (Å²) in [6.45, 7) is 2.66. The number of carbonyl (C=O) groups excluding carboxylic acids is 2. The molecule has 0 rings (SSSR count). The van der Waals surface area contributed by atoms with Crippen molar-refractivity contribution in [2.75, 3.05) is 19.8 Å². The minimum absolute atomic E-state index is 0.0823. The summed E-state index contributed by atoms with van der Waals surface area (Å²) in [7, 11) is -4.74. The number of hydrogen-bond acceptors (Lipinski definition) is 9. The summed E-state index contributed by atoms with van der Waals surface area (Å²) in [4.78, 5) is 46.1. The number of phosphoric ester groups is 1. The number of unbranched alkanes of at least 4 members (excludes halogenated alkanes) is 21. The number of phosphoric acid groups is 1. The Bertz CT molecular complexity index is 1280. The van der Waals surface area contributed by atoms with Gasteiger partial charge in [0.15, 0.2) is 6.10 Å². The molecule has 0 aliphatic heterocycles. The van der Waals surface area contributed by atoms with E-state index in [1.165, 1.54) is 109 Å². The molecule has 0 radical (unpaired) electrons. The average Bonchev–Trinajstić information content (AvgIpc) is 3.25. The van der Waals surface area contributed by atoms with Crippen molar-refractivity contribution in [3.63, 3.8) is 0 Å². The zero-order chi connectivity index (χ0) is 45.6. The summed E-state index contributed by atoms with van der Waals surface area (Å²) in [6, 6.07) is -1.53. The van der Waals surface area contributed by atoms with Crippen LogP contribution in [0, 0.1) is 0 Å². The van der Waals surface area contributed by atoms with Crippen LogP contribution >= 0.6 is 7.82 Å². The van der Waals surface area contributed by atoms with Crippen LogP contribution in [-0.2, 0) is 37.5 Å². The summed E-state index contributed by atoms with van der Waals surface area (Å²) < 4.78 is 32.7. The Kier molecular flexibility index (Phi) is 42.7. The van der Waals surface area contributed by atoms with Crippen LogP contribution in [0.5, 0.6) is 0 Å². The van der Waals surface area contributed by atoms with Crippen LogP contribution in [-0.4, -0.2) is 59.9 Å². The SMILES string of the molecule is CC/C=C/C/C=C/C/C=C/C/C=C/C/C=C/CCCC(=O)O[C@H](COC(=O)CCCCCCCCCCCCCCCCCCCCCCC)COP(=O)(O)OC[C@H](N)C(=O)O. The van der Waals surface area contributed by atoms with Gasteiger partial charge in [-0.1, -0.05) is 203 Å². The van der Waals surface area contributed by atoms with Crippen LogP contribution in [0.15, 0.2) is 60.8 Å². The second-order valence-electron chi connectivity index (χ2n) is 16.2. The largest absolute Gasteiger partial charge is 0.480 e. The van der Waals surface area contributed by atoms with Crippen LogP contribution in [0.1, 0.15) is 206 Å². The third-order valence-corrected chi connectivity index (χ3v) is 11.2. The molecule has 0 aliphatic rings. The molecule has 0 spiro atoms. The minimum atomic E-state index is -4.74. The van der Waals surface area contributed by atoms with Crippen molar-refractivity contribution in [3.8, 4) is 0 Å². The molecule has 0 fully saturated rings. The maximum absolute atomic E-state index is 12.6. The Balaban J connectivity index is 4.32. The fourth-order valence-corrected chi connectivity index (χ4v) is 7.29. The van der Waals surface area contributed by atoms with Crippen molar-refractivity contribution < 1.29 is 47.5 Å². The number of ether oxygens (including phenoxy) is 2. The maximum atomic E-state index is 12.6. The molecule has 0 bridgehead atoms. The van der Waals surface area contributed by atoms with Gasteiger partial charge in [0.2, 0.25) is 0 Å². The van der Waals surface area contributed by atoms with Gasteiger partial charge in [0.05, 0.1) is 13.2 Å². The minimum Gasteiger partial charge on any atom is -0.480 e. The molecule has 11 nitrogen and oxygen atoms in total. The predicted octanol–water partition coefficient (Wildman–Crippen LogP) is 13.5. The summed E-state index contributed by atoms with van der Waals surface area (Å²) in [5.41, 5.74) is 5.34. The first-order valence-corrected chi connectivity index (χ1v) is 25.8. The Morgan fingerprint density at radius 1 is 0.516 bits per heavy atom. The highest BCUT2D eigenvalue weighted by molar-refractivity contribution is 7.47. The molecule has 62 heavy (non-hydrogen) atoms. The van der Waals surface area contributed by atoms with Crippen molar-refractivity contribution in [1.82, 2.24) is 0 Å². The zero-order valence-corrected chi connectivity index (χ0v) is 39.8. The van der Waals surface area contributed by atoms with Crippen LogP contribution in [0.4, 0.5) is 0 Å². The predicted molar refractivity (Wildman–Crippen MR) is 254 cm³/mol. The van der Waals surface area contributed by atoms with E-state index in [1.807, 2.05) is 12.2 Å². The molecule has 0 amide bonds. The standard InChI is InChI=1S/C50H88NO10P/c1-3-5-7-9-11-13-15-17-19-21-22-23-24-26-27-29-31-33-35-37-39-41-48(52)58-43-46(44-59-62(56,57)60-45-47(51)50(54)55)61-49(53)42-40-38-36-34-32-30-28-25-20-18-16-14-12-10-8-6-4-2/h6,8,12,14,18,20,28,30,34,36,46-47H,3-5,7,9-11,13,15-17,19,21-27,29,31-33,35,37-45,51H2,1-2H3,(H,54,55)(H,56,57)/b8-6+,14-12+,20-18+,30-28+,36-34+/t46-,47+/m1/s1. The average molecular weight is 894 g/mol. The topological polar surface area (TPSA) is 172 Å². The van der Waals surface area contributed by atoms with Gasteiger partial charge in [0.25, 0.3) is 0 Å². The molecule has 1 unspecified atom stereocenters. The van der Waals surface area contributed by atoms with Gasteiger partial charge in [-0.25, -0.2) is 4.57 Å². The molecule has 0 aromatic rings. The third kappa shape index (κ3) is 43.8. The third-order valence-electron chi connectivity index (χ3n) is 10.3. The molecule has 0 heterocycles. The van der Waals surface area contributed by atoms with E-state index in [0.29, 0.717) is 19.3 Å². The van der Waals surface area contributed by atoms with E-state index < -0.39 is 51.1 Å². The first-order valence-electron chi connectivity index (χ1n) is 24.3. The van der Waals surface area contributed by atoms with Crippen LogP contribution in [0.2, 0.25) is 0 Å². The van der Waals surface area contributed by atoms with E-state index in [0.717, 1.165) is 51.4 Å². The lowest BCUT2D eigenvalue weighted by Crippen LogP contribution is -2.34. The van der Waals surface area contributed by atoms with Crippen molar-refractivity contribution in [2.24, 2.45) is 5.73 Å². The summed E-state index contributed by atoms with van der Waals surface area (Å²) >= 11 is 0. The zero-order valence-electron chi connectivity index (χ0n) is 38.9. The molecular weight excluding hydrogens is 806 g/mol. The summed E-state index contributed by atoms with van der Waals surface area (Å²) in [6.07, 6.45) is 53.0. The summed E-state index contributed by atoms with van der Waals surface area (Å²) in [5, 5.41) is 8.91. The van der Waals surface area contributed by atoms with Gasteiger partial charge in [-0.05, 0) is 51.4 Å². The van der Waals surface area contributed by atoms with E-state index in [9.17, 15) is 23.8 Å². The van der Waals surface area contributed by atoms with E-state index >= 15 is 0 Å². The van der Waals surface area contributed by atoms with Crippen molar-refractivity contribution in [2.45, 2.75) is 219 Å². The molecule has 3 atom stereocenters. The van der Waals surface area contributed by atoms with Crippen LogP contribution in [0.3, 0.4) is 0 Å². The van der Waals surface area contributed by atoms with Gasteiger partial charge in [-0.15, -0.1) is 0 Å². The fraction of sp³-hybridized carbons (Fsp3) is 0.740. The Labute approximate surface area is 377 Å². The van der Waals surface area contributed by atoms with E-state index in [4.69, 9.17) is 24.8 Å². The van der Waals surface area contributed by atoms with Crippen molar-refractivity contribution in [3.05, 3.63) is 60.8 Å². The highest BCUT2D eigenvalue weighted by Gasteiger charge is 2.28. The van der Waals surface area contributed by atoms with Crippen molar-refractivity contribution >= 4 is 25.7 Å². The Hall–Kier alpha value is -2.82. The van der Waals surface area contributed by atoms with Crippen LogP contribution < -0.4 is 5.73 Å². The normalized spacial score (nSPS) is 14.1. The smallest absolute Gasteiger partial charge is 0.472 e. The van der Waals surface area contributed by atoms with Gasteiger partial charge in [-0.2, -0.15) is 0 Å².